The Morgan fingerprint density at radius 3 is 2.86 bits per heavy atom. The zero-order valence-corrected chi connectivity index (χ0v) is 15.1. The van der Waals surface area contributed by atoms with Gasteiger partial charge in [-0.25, -0.2) is 4.79 Å². The third kappa shape index (κ3) is 3.46. The van der Waals surface area contributed by atoms with Crippen molar-refractivity contribution in [1.82, 2.24) is 0 Å². The van der Waals surface area contributed by atoms with Crippen LogP contribution >= 0.6 is 0 Å². The first-order valence-electron chi connectivity index (χ1n) is 8.74. The van der Waals surface area contributed by atoms with Gasteiger partial charge in [0.05, 0.1) is 5.92 Å². The molecule has 0 bridgehead atoms. The lowest BCUT2D eigenvalue weighted by Gasteiger charge is -2.06. The van der Waals surface area contributed by atoms with E-state index in [0.29, 0.717) is 22.7 Å². The number of nitrogens with one attached hydrogen (secondary N) is 1. The van der Waals surface area contributed by atoms with Gasteiger partial charge in [0.2, 0.25) is 12.7 Å². The summed E-state index contributed by atoms with van der Waals surface area (Å²) in [4.78, 5) is 35.9. The number of carbonyl (C=O) groups is 3. The molecule has 7 heteroatoms. The standard InChI is InChI=1S/C21H17NO6/c1-12-15-9-14(4-5-16(15)22-21(12)25)17(23)10-26-20(24)7-3-13-2-6-18-19(8-13)28-11-27-18/h2-9,12H,10-11H2,1H3,(H,22,25)/b7-3+/t12-/m0/s1. The van der Waals surface area contributed by atoms with Gasteiger partial charge in [-0.05, 0) is 54.5 Å². The second kappa shape index (κ2) is 7.19. The minimum Gasteiger partial charge on any atom is -0.454 e. The highest BCUT2D eigenvalue weighted by atomic mass is 16.7. The molecule has 2 heterocycles. The van der Waals surface area contributed by atoms with Gasteiger partial charge >= 0.3 is 5.97 Å². The molecule has 0 spiro atoms. The van der Waals surface area contributed by atoms with Crippen LogP contribution in [0, 0.1) is 0 Å². The normalized spacial score (nSPS) is 16.8. The smallest absolute Gasteiger partial charge is 0.331 e. The van der Waals surface area contributed by atoms with Crippen molar-refractivity contribution in [3.05, 3.63) is 59.2 Å². The molecular weight excluding hydrogens is 362 g/mol. The van der Waals surface area contributed by atoms with Crippen LogP contribution in [0.1, 0.15) is 34.3 Å². The van der Waals surface area contributed by atoms with Crippen molar-refractivity contribution in [2.45, 2.75) is 12.8 Å². The number of carbonyl (C=O) groups excluding carboxylic acids is 3. The van der Waals surface area contributed by atoms with Crippen LogP contribution in [-0.2, 0) is 14.3 Å². The van der Waals surface area contributed by atoms with Gasteiger partial charge in [-0.15, -0.1) is 0 Å². The van der Waals surface area contributed by atoms with Crippen LogP contribution in [0.5, 0.6) is 11.5 Å². The first-order valence-corrected chi connectivity index (χ1v) is 8.74. The average Bonchev–Trinajstić information content (AvgIpc) is 3.28. The summed E-state index contributed by atoms with van der Waals surface area (Å²) in [7, 11) is 0. The minimum absolute atomic E-state index is 0.0975. The van der Waals surface area contributed by atoms with Gasteiger partial charge in [-0.2, -0.15) is 0 Å². The molecule has 1 atom stereocenters. The molecule has 4 rings (SSSR count). The Morgan fingerprint density at radius 2 is 2.00 bits per heavy atom. The number of hydrogen-bond acceptors (Lipinski definition) is 6. The quantitative estimate of drug-likeness (QED) is 0.488. The number of amides is 1. The predicted molar refractivity (Wildman–Crippen MR) is 100 cm³/mol. The number of hydrogen-bond donors (Lipinski definition) is 1. The molecule has 0 unspecified atom stereocenters. The minimum atomic E-state index is -0.627. The van der Waals surface area contributed by atoms with Gasteiger partial charge in [0.25, 0.3) is 0 Å². The van der Waals surface area contributed by atoms with E-state index in [4.69, 9.17) is 14.2 Å². The molecule has 2 aromatic carbocycles. The Labute approximate surface area is 160 Å². The number of fused-ring (bicyclic) bond motifs is 2. The topological polar surface area (TPSA) is 90.9 Å². The summed E-state index contributed by atoms with van der Waals surface area (Å²) < 4.78 is 15.5. The second-order valence-corrected chi connectivity index (χ2v) is 6.49. The van der Waals surface area contributed by atoms with E-state index in [1.54, 1.807) is 49.4 Å². The molecule has 0 saturated carbocycles. The predicted octanol–water partition coefficient (Wildman–Crippen LogP) is 2.91. The third-order valence-corrected chi connectivity index (χ3v) is 4.65. The van der Waals surface area contributed by atoms with Crippen LogP contribution in [0.25, 0.3) is 6.08 Å². The van der Waals surface area contributed by atoms with Crippen molar-refractivity contribution < 1.29 is 28.6 Å². The van der Waals surface area contributed by atoms with E-state index in [1.807, 2.05) is 0 Å². The van der Waals surface area contributed by atoms with Crippen LogP contribution in [0.15, 0.2) is 42.5 Å². The van der Waals surface area contributed by atoms with Crippen LogP contribution in [0.3, 0.4) is 0 Å². The molecule has 2 aliphatic heterocycles. The molecule has 0 saturated heterocycles. The van der Waals surface area contributed by atoms with Gasteiger partial charge < -0.3 is 19.5 Å². The maximum Gasteiger partial charge on any atom is 0.331 e. The van der Waals surface area contributed by atoms with Gasteiger partial charge in [-0.1, -0.05) is 6.07 Å². The van der Waals surface area contributed by atoms with Gasteiger partial charge in [-0.3, -0.25) is 9.59 Å². The molecular formula is C21H17NO6. The zero-order valence-electron chi connectivity index (χ0n) is 15.1. The highest BCUT2D eigenvalue weighted by Crippen LogP contribution is 2.33. The van der Waals surface area contributed by atoms with E-state index < -0.39 is 5.97 Å². The number of Topliss-reactive ketones (excluding diaryl/α,β-unsaturated/α-hetero) is 1. The lowest BCUT2D eigenvalue weighted by Crippen LogP contribution is -2.13. The van der Waals surface area contributed by atoms with Crippen LogP contribution in [0.2, 0.25) is 0 Å². The fourth-order valence-electron chi connectivity index (χ4n) is 3.04. The number of ether oxygens (including phenoxy) is 3. The largest absolute Gasteiger partial charge is 0.454 e. The van der Waals surface area contributed by atoms with Crippen molar-refractivity contribution in [2.24, 2.45) is 0 Å². The summed E-state index contributed by atoms with van der Waals surface area (Å²) in [5.74, 6) is -0.0958. The van der Waals surface area contributed by atoms with Crippen LogP contribution in [0.4, 0.5) is 5.69 Å². The van der Waals surface area contributed by atoms with Gasteiger partial charge in [0.15, 0.2) is 23.9 Å². The van der Waals surface area contributed by atoms with Crippen LogP contribution < -0.4 is 14.8 Å². The van der Waals surface area contributed by atoms with Crippen molar-refractivity contribution >= 4 is 29.4 Å². The Bertz CT molecular complexity index is 1010. The molecule has 0 radical (unpaired) electrons. The second-order valence-electron chi connectivity index (χ2n) is 6.49. The number of rotatable bonds is 5. The summed E-state index contributed by atoms with van der Waals surface area (Å²) in [6.07, 6.45) is 2.82. The molecule has 2 aliphatic rings. The monoisotopic (exact) mass is 379 g/mol. The fourth-order valence-corrected chi connectivity index (χ4v) is 3.04. The third-order valence-electron chi connectivity index (χ3n) is 4.65. The fraction of sp³-hybridized carbons (Fsp3) is 0.190. The van der Waals surface area contributed by atoms with E-state index >= 15 is 0 Å². The average molecular weight is 379 g/mol. The maximum atomic E-state index is 12.3. The SMILES string of the molecule is C[C@@H]1C(=O)Nc2ccc(C(=O)COC(=O)/C=C/c3ccc4c(c3)OCO4)cc21. The lowest BCUT2D eigenvalue weighted by atomic mass is 9.99. The summed E-state index contributed by atoms with van der Waals surface area (Å²) in [5.41, 5.74) is 2.62. The molecule has 0 aliphatic carbocycles. The molecule has 1 N–H and O–H groups in total. The first-order chi connectivity index (χ1) is 13.5. The summed E-state index contributed by atoms with van der Waals surface area (Å²) in [5, 5.41) is 2.75. The Balaban J connectivity index is 1.35. The van der Waals surface area contributed by atoms with E-state index in [-0.39, 0.29) is 31.0 Å². The highest BCUT2D eigenvalue weighted by molar-refractivity contribution is 6.05. The zero-order chi connectivity index (χ0) is 19.7. The Morgan fingerprint density at radius 1 is 1.18 bits per heavy atom. The molecule has 7 nitrogen and oxygen atoms in total. The van der Waals surface area contributed by atoms with E-state index in [0.717, 1.165) is 11.1 Å². The van der Waals surface area contributed by atoms with Crippen molar-refractivity contribution in [3.63, 3.8) is 0 Å². The molecule has 2 aromatic rings. The van der Waals surface area contributed by atoms with Crippen molar-refractivity contribution in [3.8, 4) is 11.5 Å². The lowest BCUT2D eigenvalue weighted by molar-refractivity contribution is -0.136. The summed E-state index contributed by atoms with van der Waals surface area (Å²) in [6, 6.07) is 10.2. The molecule has 0 fully saturated rings. The Kier molecular flexibility index (Phi) is 4.57. The molecule has 28 heavy (non-hydrogen) atoms. The Hall–Kier alpha value is -3.61. The van der Waals surface area contributed by atoms with E-state index in [9.17, 15) is 14.4 Å². The van der Waals surface area contributed by atoms with E-state index in [1.165, 1.54) is 6.08 Å². The maximum absolute atomic E-state index is 12.3. The highest BCUT2D eigenvalue weighted by Gasteiger charge is 2.27. The van der Waals surface area contributed by atoms with Crippen molar-refractivity contribution in [1.29, 1.82) is 0 Å². The van der Waals surface area contributed by atoms with Gasteiger partial charge in [0, 0.05) is 17.3 Å². The molecule has 0 aromatic heterocycles. The van der Waals surface area contributed by atoms with Crippen LogP contribution in [-0.4, -0.2) is 31.1 Å². The van der Waals surface area contributed by atoms with E-state index in [2.05, 4.69) is 5.32 Å². The van der Waals surface area contributed by atoms with Crippen molar-refractivity contribution in [2.75, 3.05) is 18.7 Å². The number of anilines is 1. The summed E-state index contributed by atoms with van der Waals surface area (Å²) in [6.45, 7) is 1.58. The molecule has 1 amide bonds. The number of ketones is 1. The first kappa shape index (κ1) is 17.8. The number of esters is 1. The summed E-state index contributed by atoms with van der Waals surface area (Å²) >= 11 is 0. The number of benzene rings is 2. The molecule has 142 valence electrons. The van der Waals surface area contributed by atoms with Gasteiger partial charge in [0.1, 0.15) is 0 Å².